The zero-order chi connectivity index (χ0) is 9.14. The number of halogens is 1. The predicted octanol–water partition coefficient (Wildman–Crippen LogP) is 1.83. The summed E-state index contributed by atoms with van der Waals surface area (Å²) in [7, 11) is 0. The summed E-state index contributed by atoms with van der Waals surface area (Å²) >= 11 is 5.48. The van der Waals surface area contributed by atoms with Crippen molar-refractivity contribution in [3.8, 4) is 5.75 Å². The molecule has 1 rings (SSSR count). The van der Waals surface area contributed by atoms with Gasteiger partial charge >= 0.3 is 5.97 Å². The summed E-state index contributed by atoms with van der Waals surface area (Å²) in [6, 6.07) is 4.08. The van der Waals surface area contributed by atoms with Crippen LogP contribution >= 0.6 is 11.6 Å². The van der Waals surface area contributed by atoms with E-state index in [2.05, 4.69) is 0 Å². The van der Waals surface area contributed by atoms with Crippen molar-refractivity contribution in [2.45, 2.75) is 5.88 Å². The average Bonchev–Trinajstić information content (AvgIpc) is 2.04. The number of benzene rings is 1. The third-order valence-electron chi connectivity index (χ3n) is 1.47. The maximum Gasteiger partial charge on any atom is 0.336 e. The van der Waals surface area contributed by atoms with Crippen molar-refractivity contribution in [1.29, 1.82) is 0 Å². The van der Waals surface area contributed by atoms with Crippen LogP contribution in [-0.2, 0) is 5.88 Å². The Balaban J connectivity index is 3.21. The first kappa shape index (κ1) is 8.87. The van der Waals surface area contributed by atoms with Gasteiger partial charge in [0.1, 0.15) is 5.75 Å². The molecule has 0 saturated heterocycles. The van der Waals surface area contributed by atoms with Gasteiger partial charge in [-0.2, -0.15) is 0 Å². The average molecular weight is 187 g/mol. The Morgan fingerprint density at radius 3 is 2.67 bits per heavy atom. The SMILES string of the molecule is O=C(O)c1cc(O)ccc1CCl. The molecule has 0 aliphatic rings. The predicted molar refractivity (Wildman–Crippen MR) is 44.6 cm³/mol. The molecule has 0 bridgehead atoms. The second kappa shape index (κ2) is 3.45. The molecule has 0 spiro atoms. The second-order valence-corrected chi connectivity index (χ2v) is 2.55. The minimum Gasteiger partial charge on any atom is -0.508 e. The molecule has 0 heterocycles. The van der Waals surface area contributed by atoms with Crippen LogP contribution in [0.2, 0.25) is 0 Å². The van der Waals surface area contributed by atoms with Crippen LogP contribution in [0.5, 0.6) is 5.75 Å². The summed E-state index contributed by atoms with van der Waals surface area (Å²) in [5.74, 6) is -1.02. The Labute approximate surface area is 74.2 Å². The van der Waals surface area contributed by atoms with Crippen molar-refractivity contribution in [1.82, 2.24) is 0 Å². The number of aromatic hydroxyl groups is 1. The fraction of sp³-hybridized carbons (Fsp3) is 0.125. The molecule has 0 unspecified atom stereocenters. The molecule has 0 amide bonds. The highest BCUT2D eigenvalue weighted by Gasteiger charge is 2.09. The van der Waals surface area contributed by atoms with Gasteiger partial charge in [-0.3, -0.25) is 0 Å². The summed E-state index contributed by atoms with van der Waals surface area (Å²) in [6.45, 7) is 0. The largest absolute Gasteiger partial charge is 0.508 e. The van der Waals surface area contributed by atoms with Gasteiger partial charge in [0.25, 0.3) is 0 Å². The minimum absolute atomic E-state index is 0.0463. The van der Waals surface area contributed by atoms with Crippen LogP contribution in [0.3, 0.4) is 0 Å². The number of alkyl halides is 1. The number of rotatable bonds is 2. The van der Waals surface area contributed by atoms with Crippen LogP contribution < -0.4 is 0 Å². The van der Waals surface area contributed by atoms with E-state index in [0.717, 1.165) is 0 Å². The molecule has 0 fully saturated rings. The lowest BCUT2D eigenvalue weighted by Gasteiger charge is -2.01. The Hall–Kier alpha value is -1.22. The minimum atomic E-state index is -1.08. The molecule has 1 aromatic carbocycles. The molecular formula is C8H7ClO3. The molecule has 0 atom stereocenters. The molecular weight excluding hydrogens is 180 g/mol. The fourth-order valence-electron chi connectivity index (χ4n) is 0.880. The van der Waals surface area contributed by atoms with Gasteiger partial charge in [-0.15, -0.1) is 11.6 Å². The van der Waals surface area contributed by atoms with Crippen molar-refractivity contribution in [3.63, 3.8) is 0 Å². The van der Waals surface area contributed by atoms with E-state index in [0.29, 0.717) is 5.56 Å². The molecule has 4 heteroatoms. The molecule has 0 aliphatic heterocycles. The van der Waals surface area contributed by atoms with Gasteiger partial charge in [-0.05, 0) is 17.7 Å². The normalized spacial score (nSPS) is 9.75. The Morgan fingerprint density at radius 2 is 2.17 bits per heavy atom. The number of phenols is 1. The maximum atomic E-state index is 10.6. The van der Waals surface area contributed by atoms with Crippen LogP contribution in [0.15, 0.2) is 18.2 Å². The van der Waals surface area contributed by atoms with E-state index < -0.39 is 5.97 Å². The van der Waals surface area contributed by atoms with E-state index in [1.807, 2.05) is 0 Å². The van der Waals surface area contributed by atoms with Gasteiger partial charge in [0.15, 0.2) is 0 Å². The maximum absolute atomic E-state index is 10.6. The Morgan fingerprint density at radius 1 is 1.50 bits per heavy atom. The lowest BCUT2D eigenvalue weighted by atomic mass is 10.1. The van der Waals surface area contributed by atoms with Crippen LogP contribution in [0.1, 0.15) is 15.9 Å². The van der Waals surface area contributed by atoms with E-state index in [1.165, 1.54) is 18.2 Å². The number of phenolic OH excluding ortho intramolecular Hbond substituents is 1. The van der Waals surface area contributed by atoms with Crippen molar-refractivity contribution in [3.05, 3.63) is 29.3 Å². The Kier molecular flexibility index (Phi) is 2.55. The highest BCUT2D eigenvalue weighted by Crippen LogP contribution is 2.17. The number of carbonyl (C=O) groups is 1. The fourth-order valence-corrected chi connectivity index (χ4v) is 1.11. The zero-order valence-corrected chi connectivity index (χ0v) is 6.88. The number of hydrogen-bond donors (Lipinski definition) is 2. The summed E-state index contributed by atoms with van der Waals surface area (Å²) < 4.78 is 0. The Bertz CT molecular complexity index is 309. The van der Waals surface area contributed by atoms with Crippen molar-refractivity contribution in [2.75, 3.05) is 0 Å². The van der Waals surface area contributed by atoms with Crippen LogP contribution in [0, 0.1) is 0 Å². The zero-order valence-electron chi connectivity index (χ0n) is 6.12. The van der Waals surface area contributed by atoms with Crippen molar-refractivity contribution in [2.24, 2.45) is 0 Å². The van der Waals surface area contributed by atoms with Crippen LogP contribution in [0.4, 0.5) is 0 Å². The van der Waals surface area contributed by atoms with E-state index in [9.17, 15) is 4.79 Å². The van der Waals surface area contributed by atoms with E-state index in [-0.39, 0.29) is 17.2 Å². The van der Waals surface area contributed by atoms with Crippen molar-refractivity contribution < 1.29 is 15.0 Å². The molecule has 0 aromatic heterocycles. The standard InChI is InChI=1S/C8H7ClO3/c9-4-5-1-2-6(10)3-7(5)8(11)12/h1-3,10H,4H2,(H,11,12). The van der Waals surface area contributed by atoms with Gasteiger partial charge in [-0.25, -0.2) is 4.79 Å². The van der Waals surface area contributed by atoms with E-state index >= 15 is 0 Å². The second-order valence-electron chi connectivity index (χ2n) is 2.28. The molecule has 0 saturated carbocycles. The first-order chi connectivity index (χ1) is 5.65. The molecule has 3 nitrogen and oxygen atoms in total. The number of carboxylic acid groups (broad SMARTS) is 1. The third kappa shape index (κ3) is 1.68. The van der Waals surface area contributed by atoms with Crippen LogP contribution in [-0.4, -0.2) is 16.2 Å². The third-order valence-corrected chi connectivity index (χ3v) is 1.76. The number of carboxylic acids is 1. The van der Waals surface area contributed by atoms with Crippen molar-refractivity contribution >= 4 is 17.6 Å². The van der Waals surface area contributed by atoms with Gasteiger partial charge < -0.3 is 10.2 Å². The van der Waals surface area contributed by atoms with Gasteiger partial charge in [-0.1, -0.05) is 6.07 Å². The lowest BCUT2D eigenvalue weighted by molar-refractivity contribution is 0.0695. The summed E-state index contributed by atoms with van der Waals surface area (Å²) in [4.78, 5) is 10.6. The summed E-state index contributed by atoms with van der Waals surface area (Å²) in [6.07, 6.45) is 0. The molecule has 0 aliphatic carbocycles. The van der Waals surface area contributed by atoms with E-state index in [1.54, 1.807) is 0 Å². The number of aromatic carboxylic acids is 1. The van der Waals surface area contributed by atoms with E-state index in [4.69, 9.17) is 21.8 Å². The quantitative estimate of drug-likeness (QED) is 0.693. The first-order valence-corrected chi connectivity index (χ1v) is 3.79. The molecule has 0 radical (unpaired) electrons. The van der Waals surface area contributed by atoms with Gasteiger partial charge in [0.2, 0.25) is 0 Å². The first-order valence-electron chi connectivity index (χ1n) is 3.26. The van der Waals surface area contributed by atoms with Gasteiger partial charge in [0.05, 0.1) is 5.56 Å². The molecule has 64 valence electrons. The smallest absolute Gasteiger partial charge is 0.336 e. The van der Waals surface area contributed by atoms with Crippen LogP contribution in [0.25, 0.3) is 0 Å². The highest BCUT2D eigenvalue weighted by molar-refractivity contribution is 6.17. The molecule has 2 N–H and O–H groups in total. The topological polar surface area (TPSA) is 57.5 Å². The lowest BCUT2D eigenvalue weighted by Crippen LogP contribution is -2.00. The summed E-state index contributed by atoms with van der Waals surface area (Å²) in [5.41, 5.74) is 0.548. The number of hydrogen-bond acceptors (Lipinski definition) is 2. The summed E-state index contributed by atoms with van der Waals surface area (Å²) in [5, 5.41) is 17.6. The molecule has 12 heavy (non-hydrogen) atoms. The van der Waals surface area contributed by atoms with Gasteiger partial charge in [0, 0.05) is 5.88 Å². The monoisotopic (exact) mass is 186 g/mol. The highest BCUT2D eigenvalue weighted by atomic mass is 35.5. The molecule has 1 aromatic rings.